The molecule has 3 atom stereocenters. The predicted molar refractivity (Wildman–Crippen MR) is 213 cm³/mol. The van der Waals surface area contributed by atoms with E-state index < -0.39 is 29.7 Å². The number of aryl methyl sites for hydroxylation is 1. The Morgan fingerprint density at radius 1 is 0.810 bits per heavy atom. The number of piperidine rings is 1. The van der Waals surface area contributed by atoms with Crippen LogP contribution >= 0.6 is 0 Å². The first kappa shape index (κ1) is 36.6. The van der Waals surface area contributed by atoms with E-state index in [-0.39, 0.29) is 36.2 Å². The first-order valence-corrected chi connectivity index (χ1v) is 20.3. The topological polar surface area (TPSA) is 148 Å². The number of carbonyl (C=O) groups is 4. The van der Waals surface area contributed by atoms with Crippen molar-refractivity contribution in [3.8, 4) is 22.8 Å². The molecule has 14 nitrogen and oxygen atoms in total. The molecule has 0 radical (unpaired) electrons. The second-order valence-electron chi connectivity index (χ2n) is 16.3. The molecule has 3 aromatic heterocycles. The molecule has 3 saturated heterocycles. The van der Waals surface area contributed by atoms with Gasteiger partial charge in [0.15, 0.2) is 0 Å². The number of rotatable bonds is 11. The van der Waals surface area contributed by atoms with Crippen LogP contribution in [0.1, 0.15) is 52.8 Å². The summed E-state index contributed by atoms with van der Waals surface area (Å²) in [5, 5.41) is 4.58. The van der Waals surface area contributed by atoms with Crippen LogP contribution in [0.3, 0.4) is 0 Å². The summed E-state index contributed by atoms with van der Waals surface area (Å²) in [6, 6.07) is 16.9. The Morgan fingerprint density at radius 3 is 2.52 bits per heavy atom. The number of imide groups is 2. The Balaban J connectivity index is 0.647. The maximum absolute atomic E-state index is 13.1. The lowest BCUT2D eigenvalue weighted by Gasteiger charge is -2.42. The molecule has 4 aliphatic heterocycles. The van der Waals surface area contributed by atoms with E-state index in [9.17, 15) is 19.2 Å². The molecule has 1 saturated carbocycles. The average molecular weight is 784 g/mol. The summed E-state index contributed by atoms with van der Waals surface area (Å²) in [6.45, 7) is 5.83. The summed E-state index contributed by atoms with van der Waals surface area (Å²) >= 11 is 0. The van der Waals surface area contributed by atoms with Gasteiger partial charge in [-0.15, -0.1) is 0 Å². The number of ether oxygens (including phenoxy) is 3. The van der Waals surface area contributed by atoms with Crippen molar-refractivity contribution in [1.29, 1.82) is 0 Å². The van der Waals surface area contributed by atoms with Crippen LogP contribution in [0.15, 0.2) is 73.2 Å². The first-order valence-electron chi connectivity index (χ1n) is 20.3. The molecule has 0 spiro atoms. The van der Waals surface area contributed by atoms with Gasteiger partial charge in [-0.05, 0) is 73.6 Å². The summed E-state index contributed by atoms with van der Waals surface area (Å²) in [5.41, 5.74) is 4.95. The maximum Gasteiger partial charge on any atom is 0.262 e. The number of piperazine rings is 1. The minimum atomic E-state index is -0.997. The number of hydrogen-bond donors (Lipinski definition) is 1. The highest BCUT2D eigenvalue weighted by Gasteiger charge is 2.45. The highest BCUT2D eigenvalue weighted by atomic mass is 16.5. The molecule has 4 amide bonds. The fraction of sp³-hybridized carbons (Fsp3) is 0.409. The second kappa shape index (κ2) is 14.9. The van der Waals surface area contributed by atoms with Crippen LogP contribution in [-0.4, -0.2) is 123 Å². The summed E-state index contributed by atoms with van der Waals surface area (Å²) in [5.74, 6) is -0.367. The van der Waals surface area contributed by atoms with E-state index in [0.29, 0.717) is 36.8 Å². The SMILES string of the molecule is Cn1c2ccncc2c2ccc(-c3ccc(OC4CC(CN5CCN6C[C@H](OCCOc7ccc8c(c7)C(=O)N(C7CCC(=O)NC7=O)C8=O)C[C@H]6C5)C4)nc3)cc21. The molecule has 5 aliphatic rings. The number of fused-ring (bicyclic) bond motifs is 5. The highest BCUT2D eigenvalue weighted by molar-refractivity contribution is 6.23. The van der Waals surface area contributed by atoms with Gasteiger partial charge in [0, 0.05) is 98.7 Å². The zero-order valence-corrected chi connectivity index (χ0v) is 32.3. The largest absolute Gasteiger partial charge is 0.491 e. The normalized spacial score (nSPS) is 24.9. The van der Waals surface area contributed by atoms with Crippen LogP contribution in [0.2, 0.25) is 0 Å². The molecule has 4 fully saturated rings. The van der Waals surface area contributed by atoms with E-state index in [0.717, 1.165) is 73.4 Å². The zero-order chi connectivity index (χ0) is 39.5. The molecule has 2 aromatic carbocycles. The lowest BCUT2D eigenvalue weighted by atomic mass is 9.81. The Morgan fingerprint density at radius 2 is 1.67 bits per heavy atom. The number of hydrogen-bond acceptors (Lipinski definition) is 11. The molecule has 58 heavy (non-hydrogen) atoms. The average Bonchev–Trinajstić information content (AvgIpc) is 3.84. The predicted octanol–water partition coefficient (Wildman–Crippen LogP) is 4.20. The maximum atomic E-state index is 13.1. The minimum Gasteiger partial charge on any atom is -0.491 e. The van der Waals surface area contributed by atoms with Crippen molar-refractivity contribution in [3.05, 3.63) is 84.3 Å². The second-order valence-corrected chi connectivity index (χ2v) is 16.3. The van der Waals surface area contributed by atoms with Crippen molar-refractivity contribution in [2.45, 2.75) is 56.4 Å². The van der Waals surface area contributed by atoms with Crippen molar-refractivity contribution in [2.75, 3.05) is 45.9 Å². The summed E-state index contributed by atoms with van der Waals surface area (Å²) in [7, 11) is 2.09. The van der Waals surface area contributed by atoms with Crippen molar-refractivity contribution < 1.29 is 33.4 Å². The third-order valence-corrected chi connectivity index (χ3v) is 12.7. The Kier molecular flexibility index (Phi) is 9.42. The van der Waals surface area contributed by atoms with Crippen molar-refractivity contribution in [2.24, 2.45) is 13.0 Å². The van der Waals surface area contributed by atoms with Gasteiger partial charge in [-0.3, -0.25) is 39.3 Å². The van der Waals surface area contributed by atoms with Crippen LogP contribution in [0, 0.1) is 5.92 Å². The molecule has 5 aromatic rings. The molecule has 1 N–H and O–H groups in total. The quantitative estimate of drug-likeness (QED) is 0.152. The van der Waals surface area contributed by atoms with Gasteiger partial charge in [-0.1, -0.05) is 12.1 Å². The number of nitrogens with zero attached hydrogens (tertiary/aromatic N) is 6. The van der Waals surface area contributed by atoms with Crippen molar-refractivity contribution >= 4 is 45.4 Å². The minimum absolute atomic E-state index is 0.0775. The fourth-order valence-electron chi connectivity index (χ4n) is 9.57. The lowest BCUT2D eigenvalue weighted by Crippen LogP contribution is -2.54. The van der Waals surface area contributed by atoms with Crippen molar-refractivity contribution in [1.82, 2.24) is 34.6 Å². The monoisotopic (exact) mass is 783 g/mol. The van der Waals surface area contributed by atoms with Gasteiger partial charge in [0.05, 0.1) is 29.4 Å². The van der Waals surface area contributed by atoms with Crippen LogP contribution in [0.4, 0.5) is 0 Å². The smallest absolute Gasteiger partial charge is 0.262 e. The van der Waals surface area contributed by atoms with Crippen LogP contribution in [-0.2, 0) is 21.4 Å². The lowest BCUT2D eigenvalue weighted by molar-refractivity contribution is -0.136. The van der Waals surface area contributed by atoms with Gasteiger partial charge < -0.3 is 23.7 Å². The molecule has 14 heteroatoms. The first-order chi connectivity index (χ1) is 28.3. The van der Waals surface area contributed by atoms with Gasteiger partial charge in [0.1, 0.15) is 24.5 Å². The number of nitrogens with one attached hydrogen (secondary N) is 1. The van der Waals surface area contributed by atoms with E-state index >= 15 is 0 Å². The molecule has 0 bridgehead atoms. The standard InChI is InChI=1S/C44H45N7O7/c1-48-37-10-11-45-22-36(37)33-5-2-27(18-39(33)48)28-3-9-41(46-21-28)58-31-16-26(17-31)23-49-12-13-50-25-32(19-29(50)24-49)57-15-14-56-30-4-6-34-35(20-30)44(55)51(43(34)54)38-7-8-40(52)47-42(38)53/h2-6,9-11,18,20-22,26,29,31-32,38H,7-8,12-17,19,23-25H2,1H3,(H,47,52,53)/t26?,29-,31?,32+,38?/m0/s1. The highest BCUT2D eigenvalue weighted by Crippen LogP contribution is 2.35. The van der Waals surface area contributed by atoms with Gasteiger partial charge in [0.25, 0.3) is 11.8 Å². The van der Waals surface area contributed by atoms with E-state index in [1.807, 2.05) is 24.7 Å². The Hall–Kier alpha value is -5.70. The molecule has 1 unspecified atom stereocenters. The third kappa shape index (κ3) is 6.78. The van der Waals surface area contributed by atoms with Gasteiger partial charge >= 0.3 is 0 Å². The molecule has 1 aliphatic carbocycles. The van der Waals surface area contributed by atoms with Crippen LogP contribution in [0.25, 0.3) is 32.9 Å². The molecule has 298 valence electrons. The number of carbonyl (C=O) groups excluding carboxylic acids is 4. The van der Waals surface area contributed by atoms with E-state index in [1.165, 1.54) is 16.4 Å². The van der Waals surface area contributed by atoms with Crippen molar-refractivity contribution in [3.63, 3.8) is 0 Å². The molecular weight excluding hydrogens is 739 g/mol. The van der Waals surface area contributed by atoms with Gasteiger partial charge in [-0.2, -0.15) is 0 Å². The molecular formula is C44H45N7O7. The number of benzene rings is 2. The number of amides is 4. The molecule has 7 heterocycles. The fourth-order valence-corrected chi connectivity index (χ4v) is 9.57. The van der Waals surface area contributed by atoms with E-state index in [1.54, 1.807) is 18.2 Å². The third-order valence-electron chi connectivity index (χ3n) is 12.7. The zero-order valence-electron chi connectivity index (χ0n) is 32.3. The molecule has 10 rings (SSSR count). The number of aromatic nitrogens is 3. The van der Waals surface area contributed by atoms with Crippen LogP contribution in [0.5, 0.6) is 11.6 Å². The van der Waals surface area contributed by atoms with Crippen LogP contribution < -0.4 is 14.8 Å². The Bertz CT molecular complexity index is 2440. The van der Waals surface area contributed by atoms with E-state index in [2.05, 4.69) is 67.0 Å². The summed E-state index contributed by atoms with van der Waals surface area (Å²) < 4.78 is 20.6. The number of pyridine rings is 2. The summed E-state index contributed by atoms with van der Waals surface area (Å²) in [6.07, 6.45) is 9.26. The van der Waals surface area contributed by atoms with Gasteiger partial charge in [0.2, 0.25) is 17.7 Å². The summed E-state index contributed by atoms with van der Waals surface area (Å²) in [4.78, 5) is 65.1. The Labute approximate surface area is 335 Å². The van der Waals surface area contributed by atoms with Gasteiger partial charge in [-0.25, -0.2) is 4.98 Å². The van der Waals surface area contributed by atoms with E-state index in [4.69, 9.17) is 14.2 Å².